The molecule has 0 aromatic carbocycles. The quantitative estimate of drug-likeness (QED) is 0.310. The van der Waals surface area contributed by atoms with Crippen molar-refractivity contribution in [1.82, 2.24) is 0 Å². The van der Waals surface area contributed by atoms with Crippen LogP contribution < -0.4 is 0 Å². The van der Waals surface area contributed by atoms with E-state index in [1.165, 1.54) is 0 Å². The Hall–Kier alpha value is 0.260. The second kappa shape index (κ2) is 13.0. The fraction of sp³-hybridized carbons (Fsp3) is 0.923. The Morgan fingerprint density at radius 3 is 1.95 bits per heavy atom. The van der Waals surface area contributed by atoms with Crippen molar-refractivity contribution in [1.29, 1.82) is 0 Å². The molecule has 0 radical (unpaired) electrons. The van der Waals surface area contributed by atoms with E-state index in [0.717, 1.165) is 4.47 Å². The maximum absolute atomic E-state index is 11.4. The average molecular weight is 406 g/mol. The topological polar surface area (TPSA) is 85.2 Å². The van der Waals surface area contributed by atoms with Crippen LogP contribution in [0.3, 0.4) is 0 Å². The Kier molecular flexibility index (Phi) is 13.1. The van der Waals surface area contributed by atoms with E-state index >= 15 is 0 Å². The molecular weight excluding hydrogens is 380 g/mol. The van der Waals surface area contributed by atoms with Crippen molar-refractivity contribution in [2.24, 2.45) is 0 Å². The fourth-order valence-corrected chi connectivity index (χ4v) is 3.91. The van der Waals surface area contributed by atoms with Crippen LogP contribution in [0.15, 0.2) is 0 Å². The molecule has 0 aromatic rings. The number of hydrogen-bond acceptors (Lipinski definition) is 6. The van der Waals surface area contributed by atoms with E-state index in [1.807, 2.05) is 13.8 Å². The van der Waals surface area contributed by atoms with Crippen molar-refractivity contribution in [3.63, 3.8) is 0 Å². The van der Waals surface area contributed by atoms with Crippen LogP contribution in [0.25, 0.3) is 0 Å². The van der Waals surface area contributed by atoms with E-state index in [0.29, 0.717) is 39.6 Å². The molecule has 0 aromatic heterocycles. The van der Waals surface area contributed by atoms with Gasteiger partial charge in [-0.25, -0.2) is 0 Å². The Morgan fingerprint density at radius 2 is 1.45 bits per heavy atom. The third-order valence-electron chi connectivity index (χ3n) is 2.49. The second-order valence-corrected chi connectivity index (χ2v) is 9.40. The Balaban J connectivity index is 3.30. The van der Waals surface area contributed by atoms with Gasteiger partial charge in [0.15, 0.2) is 0 Å². The number of aliphatic hydroxyl groups excluding tert-OH is 2. The molecule has 120 valence electrons. The predicted octanol–water partition coefficient (Wildman–Crippen LogP) is -0.0891. The molecule has 0 saturated heterocycles. The van der Waals surface area contributed by atoms with E-state index < -0.39 is 20.9 Å². The zero-order valence-corrected chi connectivity index (χ0v) is 14.6. The van der Waals surface area contributed by atoms with Gasteiger partial charge in [0.1, 0.15) is 0 Å². The monoisotopic (exact) mass is 408 g/mol. The summed E-state index contributed by atoms with van der Waals surface area (Å²) >= 11 is -0.509. The summed E-state index contributed by atoms with van der Waals surface area (Å²) in [6, 6.07) is 0. The van der Waals surface area contributed by atoms with Crippen molar-refractivity contribution in [2.75, 3.05) is 52.9 Å². The fourth-order valence-electron chi connectivity index (χ4n) is 1.23. The molecule has 0 rings (SSSR count). The molecule has 0 unspecified atom stereocenters. The molecule has 20 heavy (non-hydrogen) atoms. The van der Waals surface area contributed by atoms with Gasteiger partial charge >= 0.3 is 131 Å². The molecular formula is C13H26O6Te. The molecule has 2 N–H and O–H groups in total. The molecule has 0 bridgehead atoms. The van der Waals surface area contributed by atoms with Gasteiger partial charge in [-0.3, -0.25) is 0 Å². The summed E-state index contributed by atoms with van der Waals surface area (Å²) in [5.41, 5.74) is 0. The third kappa shape index (κ3) is 11.0. The normalized spacial score (nSPS) is 11.8. The molecule has 0 spiro atoms. The predicted molar refractivity (Wildman–Crippen MR) is 76.2 cm³/mol. The summed E-state index contributed by atoms with van der Waals surface area (Å²) in [6.07, 6.45) is 0. The number of ether oxygens (including phenoxy) is 3. The molecule has 6 nitrogen and oxygen atoms in total. The van der Waals surface area contributed by atoms with Crippen LogP contribution >= 0.6 is 0 Å². The maximum atomic E-state index is 11.4. The van der Waals surface area contributed by atoms with Crippen molar-refractivity contribution >= 4 is 26.7 Å². The molecule has 0 atom stereocenters. The second-order valence-electron chi connectivity index (χ2n) is 4.50. The summed E-state index contributed by atoms with van der Waals surface area (Å²) in [4.78, 5) is 11.4. The molecule has 0 aliphatic rings. The average Bonchev–Trinajstić information content (AvgIpc) is 2.43. The summed E-state index contributed by atoms with van der Waals surface area (Å²) in [6.45, 7) is 6.43. The Morgan fingerprint density at radius 1 is 0.950 bits per heavy atom. The number of Topliss-reactive ketones (excluding diaryl/α,β-unsaturated/α-hetero) is 1. The summed E-state index contributed by atoms with van der Waals surface area (Å²) in [5, 5.41) is 17.3. The molecule has 0 saturated carbocycles. The van der Waals surface area contributed by atoms with Gasteiger partial charge in [0.05, 0.1) is 0 Å². The van der Waals surface area contributed by atoms with E-state index in [1.54, 1.807) is 0 Å². The van der Waals surface area contributed by atoms with Gasteiger partial charge in [0.25, 0.3) is 0 Å². The number of rotatable bonds is 14. The molecule has 0 fully saturated rings. The van der Waals surface area contributed by atoms with E-state index in [-0.39, 0.29) is 22.5 Å². The standard InChI is InChI=1S/C13H26O6Te/c1-13(2,12(16)11-15)20-10-9-19-8-7-18-6-5-17-4-3-14/h14-15H,3-11H2,1-2H3. The first-order chi connectivity index (χ1) is 9.54. The third-order valence-corrected chi connectivity index (χ3v) is 6.25. The Labute approximate surface area is 130 Å². The van der Waals surface area contributed by atoms with Crippen LogP contribution in [-0.2, 0) is 19.0 Å². The van der Waals surface area contributed by atoms with Gasteiger partial charge in [-0.05, 0) is 0 Å². The molecule has 0 heterocycles. The zero-order chi connectivity index (χ0) is 15.3. The summed E-state index contributed by atoms with van der Waals surface area (Å²) < 4.78 is 16.3. The van der Waals surface area contributed by atoms with Crippen LogP contribution in [0.2, 0.25) is 7.93 Å². The first-order valence-electron chi connectivity index (χ1n) is 6.66. The van der Waals surface area contributed by atoms with Gasteiger partial charge < -0.3 is 0 Å². The number of carbonyl (C=O) groups excluding carboxylic acids is 1. The van der Waals surface area contributed by atoms with E-state index in [9.17, 15) is 4.79 Å². The van der Waals surface area contributed by atoms with Crippen molar-refractivity contribution in [2.45, 2.75) is 21.8 Å². The van der Waals surface area contributed by atoms with Gasteiger partial charge in [0, 0.05) is 0 Å². The van der Waals surface area contributed by atoms with Crippen LogP contribution in [0.5, 0.6) is 0 Å². The SMILES string of the molecule is CC(C)([Te]CCOCCOCCOCCO)C(=O)CO. The minimum absolute atomic E-state index is 0.0296. The number of ketones is 1. The number of hydrogen-bond donors (Lipinski definition) is 2. The molecule has 0 aliphatic heterocycles. The Bertz CT molecular complexity index is 247. The number of carbonyl (C=O) groups is 1. The van der Waals surface area contributed by atoms with Gasteiger partial charge in [0.2, 0.25) is 0 Å². The van der Waals surface area contributed by atoms with Crippen LogP contribution in [-0.4, -0.2) is 89.8 Å². The van der Waals surface area contributed by atoms with Crippen LogP contribution in [0.4, 0.5) is 0 Å². The molecule has 0 aliphatic carbocycles. The van der Waals surface area contributed by atoms with Crippen molar-refractivity contribution < 1.29 is 29.2 Å². The van der Waals surface area contributed by atoms with Crippen molar-refractivity contribution in [3.8, 4) is 0 Å². The number of aliphatic hydroxyl groups is 2. The van der Waals surface area contributed by atoms with E-state index in [4.69, 9.17) is 24.4 Å². The van der Waals surface area contributed by atoms with Gasteiger partial charge in [-0.15, -0.1) is 0 Å². The molecule has 0 amide bonds. The first kappa shape index (κ1) is 20.3. The van der Waals surface area contributed by atoms with Crippen LogP contribution in [0, 0.1) is 0 Å². The van der Waals surface area contributed by atoms with Gasteiger partial charge in [-0.1, -0.05) is 0 Å². The summed E-state index contributed by atoms with van der Waals surface area (Å²) in [5.74, 6) is -0.0777. The molecule has 7 heteroatoms. The minimum atomic E-state index is -0.509. The van der Waals surface area contributed by atoms with E-state index in [2.05, 4.69) is 0 Å². The zero-order valence-electron chi connectivity index (χ0n) is 12.3. The summed E-state index contributed by atoms with van der Waals surface area (Å²) in [7, 11) is 0. The van der Waals surface area contributed by atoms with Gasteiger partial charge in [-0.2, -0.15) is 0 Å². The van der Waals surface area contributed by atoms with Crippen molar-refractivity contribution in [3.05, 3.63) is 0 Å². The van der Waals surface area contributed by atoms with Crippen LogP contribution in [0.1, 0.15) is 13.8 Å². The first-order valence-corrected chi connectivity index (χ1v) is 9.48.